The number of hydrogen-bond acceptors (Lipinski definition) is 7. The molecule has 2 aromatic rings. The molecule has 0 spiro atoms. The minimum Gasteiger partial charge on any atom is -0.493 e. The van der Waals surface area contributed by atoms with Gasteiger partial charge in [-0.3, -0.25) is 9.69 Å². The standard InChI is InChI=1S/C21H25N3O4S/c1-26-18-6-5-15(12-19(18)27-2)17-13-16(20-4-3-11-29-20)22-24(17)21(25)14-23-7-9-28-10-8-23/h3-6,11-12,17H,7-10,13-14H2,1-2H3/t17-/m0/s1. The Morgan fingerprint density at radius 2 is 2.00 bits per heavy atom. The van der Waals surface area contributed by atoms with Crippen molar-refractivity contribution in [3.05, 3.63) is 46.2 Å². The predicted octanol–water partition coefficient (Wildman–Crippen LogP) is 2.78. The first kappa shape index (κ1) is 19.9. The average Bonchev–Trinajstić information content (AvgIpc) is 3.44. The van der Waals surface area contributed by atoms with E-state index in [-0.39, 0.29) is 11.9 Å². The van der Waals surface area contributed by atoms with Gasteiger partial charge in [0.2, 0.25) is 0 Å². The third-order valence-electron chi connectivity index (χ3n) is 5.23. The molecule has 2 aliphatic heterocycles. The van der Waals surface area contributed by atoms with Crippen molar-refractivity contribution in [1.29, 1.82) is 0 Å². The zero-order valence-electron chi connectivity index (χ0n) is 16.7. The molecule has 0 radical (unpaired) electrons. The highest BCUT2D eigenvalue weighted by molar-refractivity contribution is 7.12. The van der Waals surface area contributed by atoms with E-state index in [1.807, 2.05) is 35.7 Å². The molecule has 1 saturated heterocycles. The SMILES string of the molecule is COc1ccc([C@@H]2CC(c3cccs3)=NN2C(=O)CN2CCOCC2)cc1OC. The van der Waals surface area contributed by atoms with Crippen LogP contribution in [0.3, 0.4) is 0 Å². The molecular formula is C21H25N3O4S. The molecule has 29 heavy (non-hydrogen) atoms. The molecule has 8 heteroatoms. The van der Waals surface area contributed by atoms with Crippen molar-refractivity contribution in [3.8, 4) is 11.5 Å². The van der Waals surface area contributed by atoms with Crippen LogP contribution in [0.4, 0.5) is 0 Å². The van der Waals surface area contributed by atoms with Gasteiger partial charge in [-0.1, -0.05) is 12.1 Å². The van der Waals surface area contributed by atoms with E-state index >= 15 is 0 Å². The van der Waals surface area contributed by atoms with Gasteiger partial charge in [-0.05, 0) is 29.1 Å². The molecule has 0 unspecified atom stereocenters. The zero-order chi connectivity index (χ0) is 20.2. The average molecular weight is 416 g/mol. The molecule has 1 atom stereocenters. The molecule has 1 aromatic carbocycles. The van der Waals surface area contributed by atoms with E-state index in [0.29, 0.717) is 37.7 Å². The highest BCUT2D eigenvalue weighted by Crippen LogP contribution is 2.37. The summed E-state index contributed by atoms with van der Waals surface area (Å²) in [6.45, 7) is 3.20. The van der Waals surface area contributed by atoms with E-state index in [2.05, 4.69) is 4.90 Å². The van der Waals surface area contributed by atoms with Crippen LogP contribution < -0.4 is 9.47 Å². The van der Waals surface area contributed by atoms with Crippen LogP contribution in [0.15, 0.2) is 40.8 Å². The van der Waals surface area contributed by atoms with Gasteiger partial charge < -0.3 is 14.2 Å². The molecule has 0 saturated carbocycles. The number of methoxy groups -OCH3 is 2. The summed E-state index contributed by atoms with van der Waals surface area (Å²) in [4.78, 5) is 16.4. The highest BCUT2D eigenvalue weighted by Gasteiger charge is 2.34. The molecular weight excluding hydrogens is 390 g/mol. The van der Waals surface area contributed by atoms with Crippen LogP contribution in [0.5, 0.6) is 11.5 Å². The third kappa shape index (κ3) is 4.29. The van der Waals surface area contributed by atoms with E-state index in [4.69, 9.17) is 19.3 Å². The van der Waals surface area contributed by atoms with Crippen molar-refractivity contribution >= 4 is 23.0 Å². The van der Waals surface area contributed by atoms with Crippen molar-refractivity contribution < 1.29 is 19.0 Å². The lowest BCUT2D eigenvalue weighted by atomic mass is 10.0. The minimum absolute atomic E-state index is 0.00163. The molecule has 154 valence electrons. The quantitative estimate of drug-likeness (QED) is 0.726. The van der Waals surface area contributed by atoms with Crippen LogP contribution in [-0.2, 0) is 9.53 Å². The van der Waals surface area contributed by atoms with Crippen LogP contribution in [0, 0.1) is 0 Å². The van der Waals surface area contributed by atoms with Gasteiger partial charge in [-0.25, -0.2) is 5.01 Å². The van der Waals surface area contributed by atoms with E-state index in [0.717, 1.165) is 29.2 Å². The fourth-order valence-corrected chi connectivity index (χ4v) is 4.40. The van der Waals surface area contributed by atoms with Crippen molar-refractivity contribution in [2.75, 3.05) is 47.1 Å². The molecule has 0 bridgehead atoms. The summed E-state index contributed by atoms with van der Waals surface area (Å²) in [7, 11) is 3.23. The van der Waals surface area contributed by atoms with E-state index in [9.17, 15) is 4.79 Å². The normalized spacial score (nSPS) is 19.9. The summed E-state index contributed by atoms with van der Waals surface area (Å²) in [6, 6.07) is 9.68. The summed E-state index contributed by atoms with van der Waals surface area (Å²) >= 11 is 1.64. The van der Waals surface area contributed by atoms with E-state index < -0.39 is 0 Å². The number of hydrazone groups is 1. The second kappa shape index (κ2) is 8.94. The highest BCUT2D eigenvalue weighted by atomic mass is 32.1. The summed E-state index contributed by atoms with van der Waals surface area (Å²) in [5, 5.41) is 8.41. The van der Waals surface area contributed by atoms with Crippen molar-refractivity contribution in [1.82, 2.24) is 9.91 Å². The van der Waals surface area contributed by atoms with Gasteiger partial charge >= 0.3 is 0 Å². The van der Waals surface area contributed by atoms with Crippen molar-refractivity contribution in [3.63, 3.8) is 0 Å². The van der Waals surface area contributed by atoms with Gasteiger partial charge in [0.15, 0.2) is 11.5 Å². The van der Waals surface area contributed by atoms with E-state index in [1.54, 1.807) is 30.6 Å². The number of thiophene rings is 1. The van der Waals surface area contributed by atoms with Crippen LogP contribution in [-0.4, -0.2) is 68.6 Å². The maximum absolute atomic E-state index is 13.2. The lowest BCUT2D eigenvalue weighted by Gasteiger charge is -2.29. The number of carbonyl (C=O) groups is 1. The smallest absolute Gasteiger partial charge is 0.257 e. The first-order valence-electron chi connectivity index (χ1n) is 9.65. The number of morpholine rings is 1. The Balaban J connectivity index is 1.61. The van der Waals surface area contributed by atoms with Crippen molar-refractivity contribution in [2.45, 2.75) is 12.5 Å². The van der Waals surface area contributed by atoms with Gasteiger partial charge in [0.05, 0.1) is 50.6 Å². The van der Waals surface area contributed by atoms with Crippen LogP contribution >= 0.6 is 11.3 Å². The summed E-state index contributed by atoms with van der Waals surface area (Å²) in [5.74, 6) is 1.31. The number of benzene rings is 1. The fourth-order valence-electron chi connectivity index (χ4n) is 3.67. The monoisotopic (exact) mass is 415 g/mol. The Morgan fingerprint density at radius 3 is 2.69 bits per heavy atom. The number of nitrogens with zero attached hydrogens (tertiary/aromatic N) is 3. The Morgan fingerprint density at radius 1 is 1.21 bits per heavy atom. The van der Waals surface area contributed by atoms with Crippen LogP contribution in [0.25, 0.3) is 0 Å². The third-order valence-corrected chi connectivity index (χ3v) is 6.15. The summed E-state index contributed by atoms with van der Waals surface area (Å²) < 4.78 is 16.2. The minimum atomic E-state index is -0.166. The fraction of sp³-hybridized carbons (Fsp3) is 0.429. The Labute approximate surface area is 174 Å². The Hall–Kier alpha value is -2.42. The molecule has 1 fully saturated rings. The molecule has 1 aromatic heterocycles. The largest absolute Gasteiger partial charge is 0.493 e. The van der Waals surface area contributed by atoms with Gasteiger partial charge in [0, 0.05) is 19.5 Å². The van der Waals surface area contributed by atoms with Crippen LogP contribution in [0.1, 0.15) is 22.9 Å². The maximum atomic E-state index is 13.2. The van der Waals surface area contributed by atoms with Crippen molar-refractivity contribution in [2.24, 2.45) is 5.10 Å². The molecule has 4 rings (SSSR count). The molecule has 7 nitrogen and oxygen atoms in total. The molecule has 2 aliphatic rings. The first-order chi connectivity index (χ1) is 14.2. The number of ether oxygens (including phenoxy) is 3. The molecule has 0 aliphatic carbocycles. The molecule has 0 N–H and O–H groups in total. The van der Waals surface area contributed by atoms with Crippen LogP contribution in [0.2, 0.25) is 0 Å². The second-order valence-corrected chi connectivity index (χ2v) is 7.93. The number of hydrogen-bond donors (Lipinski definition) is 0. The van der Waals surface area contributed by atoms with Gasteiger partial charge in [-0.15, -0.1) is 11.3 Å². The molecule has 1 amide bonds. The molecule has 3 heterocycles. The van der Waals surface area contributed by atoms with Gasteiger partial charge in [0.1, 0.15) is 0 Å². The first-order valence-corrected chi connectivity index (χ1v) is 10.5. The van der Waals surface area contributed by atoms with E-state index in [1.165, 1.54) is 0 Å². The predicted molar refractivity (Wildman–Crippen MR) is 112 cm³/mol. The number of rotatable bonds is 6. The maximum Gasteiger partial charge on any atom is 0.257 e. The zero-order valence-corrected chi connectivity index (χ0v) is 17.5. The number of amides is 1. The lowest BCUT2D eigenvalue weighted by Crippen LogP contribution is -2.43. The topological polar surface area (TPSA) is 63.6 Å². The lowest BCUT2D eigenvalue weighted by molar-refractivity contribution is -0.135. The van der Waals surface area contributed by atoms with Gasteiger partial charge in [0.25, 0.3) is 5.91 Å². The summed E-state index contributed by atoms with van der Waals surface area (Å²) in [6.07, 6.45) is 0.671. The summed E-state index contributed by atoms with van der Waals surface area (Å²) in [5.41, 5.74) is 1.92. The Kier molecular flexibility index (Phi) is 6.13. The Bertz CT molecular complexity index is 878. The van der Waals surface area contributed by atoms with Gasteiger partial charge in [-0.2, -0.15) is 5.10 Å². The second-order valence-electron chi connectivity index (χ2n) is 6.99. The number of carbonyl (C=O) groups excluding carboxylic acids is 1.